The van der Waals surface area contributed by atoms with Crippen LogP contribution in [0.15, 0.2) is 83.3 Å². The van der Waals surface area contributed by atoms with Crippen molar-refractivity contribution in [1.82, 2.24) is 4.90 Å². The third-order valence-electron chi connectivity index (χ3n) is 6.34. The molecular formula is C27H25NO3. The maximum atomic E-state index is 11.2. The molecular weight excluding hydrogens is 386 g/mol. The number of nitrogens with zero attached hydrogens (tertiary/aromatic N) is 1. The monoisotopic (exact) mass is 411 g/mol. The summed E-state index contributed by atoms with van der Waals surface area (Å²) < 4.78 is 6.14. The summed E-state index contributed by atoms with van der Waals surface area (Å²) in [4.78, 5) is 13.4. The van der Waals surface area contributed by atoms with Gasteiger partial charge in [0.2, 0.25) is 0 Å². The van der Waals surface area contributed by atoms with E-state index in [2.05, 4.69) is 71.6 Å². The van der Waals surface area contributed by atoms with Crippen LogP contribution in [0.1, 0.15) is 23.6 Å². The van der Waals surface area contributed by atoms with Gasteiger partial charge in [0.05, 0.1) is 5.92 Å². The third kappa shape index (κ3) is 3.99. The maximum absolute atomic E-state index is 11.2. The normalized spacial score (nSPS) is 18.7. The van der Waals surface area contributed by atoms with Crippen LogP contribution in [0.5, 0.6) is 0 Å². The quantitative estimate of drug-likeness (QED) is 0.449. The highest BCUT2D eigenvalue weighted by molar-refractivity contribution is 5.83. The van der Waals surface area contributed by atoms with E-state index in [0.717, 1.165) is 35.3 Å². The van der Waals surface area contributed by atoms with E-state index in [0.29, 0.717) is 6.54 Å². The van der Waals surface area contributed by atoms with E-state index >= 15 is 0 Å². The van der Waals surface area contributed by atoms with Crippen LogP contribution in [0.2, 0.25) is 0 Å². The van der Waals surface area contributed by atoms with Gasteiger partial charge in [-0.2, -0.15) is 0 Å². The van der Waals surface area contributed by atoms with Gasteiger partial charge in [-0.05, 0) is 54.3 Å². The standard InChI is InChI=1S/C27H25NO3/c1-18-24(27(29)30)17-28(18)16-21-8-5-9-22(14-21)26-15-23-13-20(10-11-25(23)31-26)12-19-6-3-2-4-7-19/h2-11,13-15,18,24H,12,16-17H2,1H3,(H,29,30). The van der Waals surface area contributed by atoms with Gasteiger partial charge in [0.1, 0.15) is 11.3 Å². The molecule has 31 heavy (non-hydrogen) atoms. The topological polar surface area (TPSA) is 53.7 Å². The molecule has 0 bridgehead atoms. The van der Waals surface area contributed by atoms with E-state index in [4.69, 9.17) is 4.42 Å². The zero-order chi connectivity index (χ0) is 21.4. The summed E-state index contributed by atoms with van der Waals surface area (Å²) >= 11 is 0. The van der Waals surface area contributed by atoms with Crippen molar-refractivity contribution in [2.75, 3.05) is 6.54 Å². The minimum Gasteiger partial charge on any atom is -0.481 e. The van der Waals surface area contributed by atoms with Crippen LogP contribution in [0.25, 0.3) is 22.3 Å². The molecule has 1 aliphatic heterocycles. The van der Waals surface area contributed by atoms with E-state index in [1.165, 1.54) is 16.7 Å². The molecule has 1 N–H and O–H groups in total. The van der Waals surface area contributed by atoms with Gasteiger partial charge < -0.3 is 9.52 Å². The van der Waals surface area contributed by atoms with Crippen molar-refractivity contribution in [3.63, 3.8) is 0 Å². The first-order chi connectivity index (χ1) is 15.1. The van der Waals surface area contributed by atoms with Gasteiger partial charge in [0, 0.05) is 30.1 Å². The first kappa shape index (κ1) is 19.6. The van der Waals surface area contributed by atoms with Crippen LogP contribution >= 0.6 is 0 Å². The molecule has 2 atom stereocenters. The lowest BCUT2D eigenvalue weighted by Crippen LogP contribution is -2.56. The highest BCUT2D eigenvalue weighted by Crippen LogP contribution is 2.31. The molecule has 0 saturated carbocycles. The smallest absolute Gasteiger partial charge is 0.309 e. The summed E-state index contributed by atoms with van der Waals surface area (Å²) in [5, 5.41) is 10.3. The molecule has 4 heteroatoms. The number of likely N-dealkylation sites (tertiary alicyclic amines) is 1. The van der Waals surface area contributed by atoms with Crippen molar-refractivity contribution in [1.29, 1.82) is 0 Å². The number of carboxylic acid groups (broad SMARTS) is 1. The number of hydrogen-bond donors (Lipinski definition) is 1. The number of furan rings is 1. The van der Waals surface area contributed by atoms with Crippen LogP contribution in [0.4, 0.5) is 0 Å². The molecule has 2 heterocycles. The molecule has 0 spiro atoms. The Kier molecular flexibility index (Phi) is 5.08. The lowest BCUT2D eigenvalue weighted by molar-refractivity contribution is -0.152. The van der Waals surface area contributed by atoms with Crippen molar-refractivity contribution >= 4 is 16.9 Å². The minimum atomic E-state index is -0.702. The Morgan fingerprint density at radius 2 is 1.77 bits per heavy atom. The fourth-order valence-corrected chi connectivity index (χ4v) is 4.42. The number of aliphatic carboxylic acids is 1. The summed E-state index contributed by atoms with van der Waals surface area (Å²) in [5.74, 6) is -0.108. The zero-order valence-corrected chi connectivity index (χ0v) is 17.5. The molecule has 1 saturated heterocycles. The molecule has 4 nitrogen and oxygen atoms in total. The Hall–Kier alpha value is -3.37. The van der Waals surface area contributed by atoms with Gasteiger partial charge in [-0.15, -0.1) is 0 Å². The van der Waals surface area contributed by atoms with Crippen molar-refractivity contribution in [2.45, 2.75) is 25.9 Å². The van der Waals surface area contributed by atoms with Crippen molar-refractivity contribution in [3.05, 3.63) is 95.6 Å². The number of rotatable bonds is 6. The second-order valence-corrected chi connectivity index (χ2v) is 8.46. The average molecular weight is 412 g/mol. The van der Waals surface area contributed by atoms with Crippen molar-refractivity contribution < 1.29 is 14.3 Å². The molecule has 0 aliphatic carbocycles. The lowest BCUT2D eigenvalue weighted by Gasteiger charge is -2.44. The molecule has 1 aliphatic rings. The van der Waals surface area contributed by atoms with Gasteiger partial charge in [-0.3, -0.25) is 9.69 Å². The Labute approximate surface area is 181 Å². The summed E-state index contributed by atoms with van der Waals surface area (Å²) in [6.07, 6.45) is 0.901. The Balaban J connectivity index is 1.35. The van der Waals surface area contributed by atoms with Gasteiger partial charge in [-0.25, -0.2) is 0 Å². The van der Waals surface area contributed by atoms with E-state index in [9.17, 15) is 9.90 Å². The fraction of sp³-hybridized carbons (Fsp3) is 0.222. The average Bonchev–Trinajstić information content (AvgIpc) is 3.20. The number of carboxylic acids is 1. The highest BCUT2D eigenvalue weighted by Gasteiger charge is 2.40. The van der Waals surface area contributed by atoms with E-state index in [1.807, 2.05) is 19.1 Å². The summed E-state index contributed by atoms with van der Waals surface area (Å²) in [7, 11) is 0. The van der Waals surface area contributed by atoms with Crippen molar-refractivity contribution in [2.24, 2.45) is 5.92 Å². The third-order valence-corrected chi connectivity index (χ3v) is 6.34. The molecule has 5 rings (SSSR count). The van der Waals surface area contributed by atoms with Gasteiger partial charge in [0.25, 0.3) is 0 Å². The van der Waals surface area contributed by atoms with Gasteiger partial charge in [-0.1, -0.05) is 54.6 Å². The molecule has 4 aromatic rings. The van der Waals surface area contributed by atoms with E-state index in [-0.39, 0.29) is 12.0 Å². The summed E-state index contributed by atoms with van der Waals surface area (Å²) in [6.45, 7) is 3.34. The van der Waals surface area contributed by atoms with Crippen LogP contribution in [0, 0.1) is 5.92 Å². The van der Waals surface area contributed by atoms with Crippen LogP contribution < -0.4 is 0 Å². The SMILES string of the molecule is CC1C(C(=O)O)CN1Cc1cccc(-c2cc3cc(Cc4ccccc4)ccc3o2)c1. The number of carbonyl (C=O) groups is 1. The van der Waals surface area contributed by atoms with Crippen LogP contribution in [0.3, 0.4) is 0 Å². The first-order valence-corrected chi connectivity index (χ1v) is 10.7. The Morgan fingerprint density at radius 1 is 0.968 bits per heavy atom. The zero-order valence-electron chi connectivity index (χ0n) is 17.5. The number of benzene rings is 3. The minimum absolute atomic E-state index is 0.0652. The second kappa shape index (κ2) is 8.05. The number of hydrogen-bond acceptors (Lipinski definition) is 3. The molecule has 3 aromatic carbocycles. The fourth-order valence-electron chi connectivity index (χ4n) is 4.42. The lowest BCUT2D eigenvalue weighted by atomic mass is 9.89. The van der Waals surface area contributed by atoms with Gasteiger partial charge in [0.15, 0.2) is 0 Å². The molecule has 0 amide bonds. The van der Waals surface area contributed by atoms with Gasteiger partial charge >= 0.3 is 5.97 Å². The molecule has 2 unspecified atom stereocenters. The maximum Gasteiger partial charge on any atom is 0.309 e. The molecule has 156 valence electrons. The summed E-state index contributed by atoms with van der Waals surface area (Å²) in [6, 6.07) is 27.4. The molecule has 1 aromatic heterocycles. The Morgan fingerprint density at radius 3 is 2.55 bits per heavy atom. The van der Waals surface area contributed by atoms with E-state index < -0.39 is 5.97 Å². The largest absolute Gasteiger partial charge is 0.481 e. The predicted octanol–water partition coefficient (Wildman–Crippen LogP) is 5.60. The van der Waals surface area contributed by atoms with E-state index in [1.54, 1.807) is 0 Å². The van der Waals surface area contributed by atoms with Crippen LogP contribution in [-0.4, -0.2) is 28.6 Å². The van der Waals surface area contributed by atoms with Crippen LogP contribution in [-0.2, 0) is 17.8 Å². The second-order valence-electron chi connectivity index (χ2n) is 8.46. The number of fused-ring (bicyclic) bond motifs is 1. The van der Waals surface area contributed by atoms with Crippen molar-refractivity contribution in [3.8, 4) is 11.3 Å². The molecule has 0 radical (unpaired) electrons. The predicted molar refractivity (Wildman–Crippen MR) is 122 cm³/mol. The first-order valence-electron chi connectivity index (χ1n) is 10.7. The molecule has 1 fully saturated rings. The highest BCUT2D eigenvalue weighted by atomic mass is 16.4. The summed E-state index contributed by atoms with van der Waals surface area (Å²) in [5.41, 5.74) is 5.65. The Bertz CT molecular complexity index is 1230.